The molecule has 0 saturated heterocycles. The van der Waals surface area contributed by atoms with Crippen LogP contribution in [0.3, 0.4) is 0 Å². The minimum absolute atomic E-state index is 0.887. The monoisotopic (exact) mass is 159 g/mol. The van der Waals surface area contributed by atoms with Crippen LogP contribution in [0, 0.1) is 0 Å². The van der Waals surface area contributed by atoms with E-state index in [1.54, 1.807) is 6.08 Å². The van der Waals surface area contributed by atoms with Crippen molar-refractivity contribution < 1.29 is 0 Å². The lowest BCUT2D eigenvalue weighted by Gasteiger charge is -2.18. The maximum absolute atomic E-state index is 5.71. The van der Waals surface area contributed by atoms with Crippen molar-refractivity contribution in [1.82, 2.24) is 5.32 Å². The van der Waals surface area contributed by atoms with E-state index in [2.05, 4.69) is 10.3 Å². The largest absolute Gasteiger partial charge is 0.350 e. The molecule has 1 aliphatic heterocycles. The molecule has 0 bridgehead atoms. The van der Waals surface area contributed by atoms with Gasteiger partial charge >= 0.3 is 0 Å². The third-order valence-electron chi connectivity index (χ3n) is 1.27. The Kier molecular flexibility index (Phi) is 1.97. The zero-order chi connectivity index (χ0) is 7.61. The zero-order valence-electron chi connectivity index (χ0n) is 5.76. The molecule has 10 heavy (non-hydrogen) atoms. The van der Waals surface area contributed by atoms with Crippen LogP contribution in [0.5, 0.6) is 0 Å². The first-order chi connectivity index (χ1) is 4.64. The van der Waals surface area contributed by atoms with E-state index in [4.69, 9.17) is 17.3 Å². The zero-order valence-corrected chi connectivity index (χ0v) is 6.52. The Bertz CT molecular complexity index is 183. The number of nitrogens with one attached hydrogen (secondary N) is 1. The molecule has 56 valence electrons. The molecule has 1 aliphatic rings. The van der Waals surface area contributed by atoms with Gasteiger partial charge in [-0.05, 0) is 12.5 Å². The van der Waals surface area contributed by atoms with E-state index in [0.29, 0.717) is 0 Å². The molecule has 1 rings (SSSR count). The first kappa shape index (κ1) is 7.57. The summed E-state index contributed by atoms with van der Waals surface area (Å²) in [5.41, 5.74) is 6.50. The molecule has 0 fully saturated rings. The molecule has 0 amide bonds. The SMILES string of the molecule is CCC1=CC(N)(Cl)N=CN1. The van der Waals surface area contributed by atoms with Gasteiger partial charge in [-0.15, -0.1) is 0 Å². The summed E-state index contributed by atoms with van der Waals surface area (Å²) in [5.74, 6) is 0. The molecule has 0 spiro atoms. The summed E-state index contributed by atoms with van der Waals surface area (Å²) < 4.78 is 0. The lowest BCUT2D eigenvalue weighted by atomic mass is 10.3. The average molecular weight is 160 g/mol. The van der Waals surface area contributed by atoms with Gasteiger partial charge in [0.1, 0.15) is 0 Å². The highest BCUT2D eigenvalue weighted by atomic mass is 35.5. The van der Waals surface area contributed by atoms with Crippen LogP contribution in [0.4, 0.5) is 0 Å². The summed E-state index contributed by atoms with van der Waals surface area (Å²) in [6.45, 7) is 2.02. The van der Waals surface area contributed by atoms with Crippen LogP contribution in [0.15, 0.2) is 16.8 Å². The molecule has 3 nitrogen and oxygen atoms in total. The molecule has 0 aliphatic carbocycles. The molecular weight excluding hydrogens is 150 g/mol. The molecular formula is C6H10ClN3. The molecule has 1 atom stereocenters. The van der Waals surface area contributed by atoms with Gasteiger partial charge in [-0.3, -0.25) is 5.73 Å². The second-order valence-corrected chi connectivity index (χ2v) is 2.76. The molecule has 3 N–H and O–H groups in total. The van der Waals surface area contributed by atoms with Crippen LogP contribution in [0.1, 0.15) is 13.3 Å². The Labute approximate surface area is 65.0 Å². The maximum atomic E-state index is 5.71. The summed E-state index contributed by atoms with van der Waals surface area (Å²) in [5, 5.41) is 1.90. The van der Waals surface area contributed by atoms with Gasteiger partial charge in [0, 0.05) is 5.70 Å². The lowest BCUT2D eigenvalue weighted by molar-refractivity contribution is 0.742. The molecule has 0 aromatic rings. The highest BCUT2D eigenvalue weighted by Gasteiger charge is 2.18. The van der Waals surface area contributed by atoms with Crippen LogP contribution in [-0.2, 0) is 0 Å². The Morgan fingerprint density at radius 1 is 1.90 bits per heavy atom. The molecule has 1 heterocycles. The summed E-state index contributed by atoms with van der Waals surface area (Å²) in [4.78, 5) is 3.79. The van der Waals surface area contributed by atoms with Crippen LogP contribution >= 0.6 is 11.6 Å². The van der Waals surface area contributed by atoms with E-state index < -0.39 is 5.12 Å². The predicted molar refractivity (Wildman–Crippen MR) is 42.8 cm³/mol. The van der Waals surface area contributed by atoms with Gasteiger partial charge < -0.3 is 5.32 Å². The number of halogens is 1. The van der Waals surface area contributed by atoms with E-state index in [9.17, 15) is 0 Å². The number of nitrogens with two attached hydrogens (primary N) is 1. The Balaban J connectivity index is 2.73. The Morgan fingerprint density at radius 3 is 3.00 bits per heavy atom. The standard InChI is InChI=1S/C6H10ClN3/c1-2-5-3-6(7,8)10-4-9-5/h3-4H,2,8H2,1H3,(H,9,10). The minimum atomic E-state index is -1.03. The van der Waals surface area contributed by atoms with Crippen molar-refractivity contribution in [3.8, 4) is 0 Å². The van der Waals surface area contributed by atoms with E-state index in [1.165, 1.54) is 6.34 Å². The van der Waals surface area contributed by atoms with Gasteiger partial charge in [0.05, 0.1) is 6.34 Å². The number of hydrogen-bond donors (Lipinski definition) is 2. The third-order valence-corrected chi connectivity index (χ3v) is 1.48. The van der Waals surface area contributed by atoms with Crippen LogP contribution < -0.4 is 11.1 Å². The minimum Gasteiger partial charge on any atom is -0.350 e. The van der Waals surface area contributed by atoms with Crippen molar-refractivity contribution in [3.05, 3.63) is 11.8 Å². The van der Waals surface area contributed by atoms with E-state index in [0.717, 1.165) is 12.1 Å². The van der Waals surface area contributed by atoms with Crippen LogP contribution in [0.2, 0.25) is 0 Å². The quantitative estimate of drug-likeness (QED) is 0.439. The summed E-state index contributed by atoms with van der Waals surface area (Å²) in [6.07, 6.45) is 4.11. The smallest absolute Gasteiger partial charge is 0.206 e. The average Bonchev–Trinajstić information content (AvgIpc) is 1.86. The molecule has 0 saturated carbocycles. The van der Waals surface area contributed by atoms with Gasteiger partial charge in [-0.2, -0.15) is 0 Å². The highest BCUT2D eigenvalue weighted by molar-refractivity contribution is 6.25. The normalized spacial score (nSPS) is 31.3. The summed E-state index contributed by atoms with van der Waals surface area (Å²) in [7, 11) is 0. The second-order valence-electron chi connectivity index (χ2n) is 2.15. The van der Waals surface area contributed by atoms with Crippen LogP contribution in [-0.4, -0.2) is 11.5 Å². The molecule has 0 aromatic heterocycles. The van der Waals surface area contributed by atoms with Crippen molar-refractivity contribution in [1.29, 1.82) is 0 Å². The predicted octanol–water partition coefficient (Wildman–Crippen LogP) is 0.763. The van der Waals surface area contributed by atoms with Crippen molar-refractivity contribution >= 4 is 17.9 Å². The van der Waals surface area contributed by atoms with Crippen molar-refractivity contribution in [2.75, 3.05) is 0 Å². The van der Waals surface area contributed by atoms with Gasteiger partial charge in [-0.25, -0.2) is 4.99 Å². The van der Waals surface area contributed by atoms with Gasteiger partial charge in [0.2, 0.25) is 5.12 Å². The molecule has 0 radical (unpaired) electrons. The van der Waals surface area contributed by atoms with Crippen molar-refractivity contribution in [3.63, 3.8) is 0 Å². The fraction of sp³-hybridized carbons (Fsp3) is 0.500. The number of nitrogens with zero attached hydrogens (tertiary/aromatic N) is 1. The van der Waals surface area contributed by atoms with E-state index in [1.807, 2.05) is 6.92 Å². The first-order valence-electron chi connectivity index (χ1n) is 3.14. The van der Waals surface area contributed by atoms with Gasteiger partial charge in [0.25, 0.3) is 0 Å². The third kappa shape index (κ3) is 1.72. The number of allylic oxidation sites excluding steroid dienone is 1. The highest BCUT2D eigenvalue weighted by Crippen LogP contribution is 2.15. The van der Waals surface area contributed by atoms with E-state index in [-0.39, 0.29) is 0 Å². The van der Waals surface area contributed by atoms with Crippen molar-refractivity contribution in [2.24, 2.45) is 10.7 Å². The number of rotatable bonds is 1. The lowest BCUT2D eigenvalue weighted by Crippen LogP contribution is -2.34. The second kappa shape index (κ2) is 2.60. The summed E-state index contributed by atoms with van der Waals surface area (Å²) >= 11 is 5.71. The van der Waals surface area contributed by atoms with Crippen LogP contribution in [0.25, 0.3) is 0 Å². The fourth-order valence-electron chi connectivity index (χ4n) is 0.742. The summed E-state index contributed by atoms with van der Waals surface area (Å²) in [6, 6.07) is 0. The number of alkyl halides is 1. The molecule has 0 aromatic carbocycles. The number of aliphatic imine (C=N–C) groups is 1. The Hall–Kier alpha value is -0.540. The topological polar surface area (TPSA) is 50.4 Å². The van der Waals surface area contributed by atoms with E-state index >= 15 is 0 Å². The molecule has 1 unspecified atom stereocenters. The number of hydrogen-bond acceptors (Lipinski definition) is 3. The first-order valence-corrected chi connectivity index (χ1v) is 3.51. The fourth-order valence-corrected chi connectivity index (χ4v) is 0.922. The Morgan fingerprint density at radius 2 is 2.60 bits per heavy atom. The maximum Gasteiger partial charge on any atom is 0.206 e. The molecule has 4 heteroatoms. The van der Waals surface area contributed by atoms with Crippen molar-refractivity contribution in [2.45, 2.75) is 18.5 Å². The van der Waals surface area contributed by atoms with Gasteiger partial charge in [0.15, 0.2) is 0 Å². The van der Waals surface area contributed by atoms with Gasteiger partial charge in [-0.1, -0.05) is 18.5 Å².